The molecule has 1 saturated carbocycles. The Morgan fingerprint density at radius 3 is 1.86 bits per heavy atom. The second-order valence-corrected chi connectivity index (χ2v) is 5.96. The van der Waals surface area contributed by atoms with Gasteiger partial charge < -0.3 is 5.32 Å². The first-order valence-corrected chi connectivity index (χ1v) is 7.89. The quantitative estimate of drug-likeness (QED) is 0.851. The van der Waals surface area contributed by atoms with Crippen molar-refractivity contribution in [1.29, 1.82) is 0 Å². The molecule has 2 aromatic carbocycles. The van der Waals surface area contributed by atoms with E-state index in [4.69, 9.17) is 0 Å². The van der Waals surface area contributed by atoms with Gasteiger partial charge in [0.05, 0.1) is 6.54 Å². The molecule has 2 aromatic rings. The molecule has 1 aliphatic rings. The molecule has 0 heterocycles. The minimum atomic E-state index is 0.134. The van der Waals surface area contributed by atoms with E-state index in [0.29, 0.717) is 12.6 Å². The van der Waals surface area contributed by atoms with E-state index in [9.17, 15) is 4.79 Å². The molecule has 0 saturated heterocycles. The maximum atomic E-state index is 12.1. The van der Waals surface area contributed by atoms with Crippen molar-refractivity contribution in [3.8, 4) is 0 Å². The predicted octanol–water partition coefficient (Wildman–Crippen LogP) is 2.97. The van der Waals surface area contributed by atoms with Crippen LogP contribution in [0.3, 0.4) is 0 Å². The maximum Gasteiger partial charge on any atom is 0.234 e. The SMILES string of the molecule is O=C(CN(Cc1ccccc1)Cc1ccccc1)NC1CC1. The summed E-state index contributed by atoms with van der Waals surface area (Å²) in [5.74, 6) is 0.134. The third-order valence-corrected chi connectivity index (χ3v) is 3.81. The molecule has 1 aliphatic carbocycles. The van der Waals surface area contributed by atoms with E-state index in [1.54, 1.807) is 0 Å². The van der Waals surface area contributed by atoms with Crippen LogP contribution in [0.5, 0.6) is 0 Å². The van der Waals surface area contributed by atoms with Gasteiger partial charge in [-0.05, 0) is 24.0 Å². The molecule has 22 heavy (non-hydrogen) atoms. The Hall–Kier alpha value is -2.13. The molecular weight excluding hydrogens is 272 g/mol. The zero-order valence-electron chi connectivity index (χ0n) is 12.7. The van der Waals surface area contributed by atoms with E-state index in [-0.39, 0.29) is 5.91 Å². The first kappa shape index (κ1) is 14.8. The lowest BCUT2D eigenvalue weighted by Crippen LogP contribution is -2.37. The van der Waals surface area contributed by atoms with Crippen molar-refractivity contribution in [3.05, 3.63) is 71.8 Å². The van der Waals surface area contributed by atoms with Gasteiger partial charge in [-0.25, -0.2) is 0 Å². The molecule has 3 nitrogen and oxygen atoms in total. The Balaban J connectivity index is 1.65. The van der Waals surface area contributed by atoms with Gasteiger partial charge in [-0.15, -0.1) is 0 Å². The standard InChI is InChI=1S/C19H22N2O/c22-19(20-18-11-12-18)15-21(13-16-7-3-1-4-8-16)14-17-9-5-2-6-10-17/h1-10,18H,11-15H2,(H,20,22). The van der Waals surface area contributed by atoms with Crippen molar-refractivity contribution >= 4 is 5.91 Å². The van der Waals surface area contributed by atoms with Crippen molar-refractivity contribution in [1.82, 2.24) is 10.2 Å². The average molecular weight is 294 g/mol. The van der Waals surface area contributed by atoms with Crippen LogP contribution in [-0.4, -0.2) is 23.4 Å². The monoisotopic (exact) mass is 294 g/mol. The van der Waals surface area contributed by atoms with Gasteiger partial charge in [0, 0.05) is 19.1 Å². The molecule has 1 amide bonds. The number of nitrogens with one attached hydrogen (secondary N) is 1. The smallest absolute Gasteiger partial charge is 0.234 e. The van der Waals surface area contributed by atoms with Crippen LogP contribution in [0.2, 0.25) is 0 Å². The van der Waals surface area contributed by atoms with Crippen LogP contribution in [0.25, 0.3) is 0 Å². The van der Waals surface area contributed by atoms with Gasteiger partial charge in [0.1, 0.15) is 0 Å². The Labute approximate surface area is 132 Å². The summed E-state index contributed by atoms with van der Waals surface area (Å²) in [5.41, 5.74) is 2.47. The third kappa shape index (κ3) is 4.71. The molecule has 0 aromatic heterocycles. The number of rotatable bonds is 7. The summed E-state index contributed by atoms with van der Waals surface area (Å²) in [5, 5.41) is 3.08. The second-order valence-electron chi connectivity index (χ2n) is 5.96. The van der Waals surface area contributed by atoms with Crippen LogP contribution < -0.4 is 5.32 Å². The van der Waals surface area contributed by atoms with Crippen molar-refractivity contribution in [2.24, 2.45) is 0 Å². The lowest BCUT2D eigenvalue weighted by Gasteiger charge is -2.22. The molecule has 114 valence electrons. The summed E-state index contributed by atoms with van der Waals surface area (Å²) in [6.45, 7) is 2.02. The van der Waals surface area contributed by atoms with Crippen LogP contribution in [-0.2, 0) is 17.9 Å². The summed E-state index contributed by atoms with van der Waals surface area (Å²) in [4.78, 5) is 14.3. The van der Waals surface area contributed by atoms with Crippen LogP contribution in [0, 0.1) is 0 Å². The Kier molecular flexibility index (Phi) is 4.86. The molecule has 1 N–H and O–H groups in total. The molecule has 3 heteroatoms. The molecule has 0 aliphatic heterocycles. The second kappa shape index (κ2) is 7.23. The summed E-state index contributed by atoms with van der Waals surface area (Å²) >= 11 is 0. The summed E-state index contributed by atoms with van der Waals surface area (Å²) in [7, 11) is 0. The molecule has 0 spiro atoms. The normalized spacial score (nSPS) is 14.0. The van der Waals surface area contributed by atoms with Crippen LogP contribution in [0.4, 0.5) is 0 Å². The number of hydrogen-bond acceptors (Lipinski definition) is 2. The van der Waals surface area contributed by atoms with Crippen molar-refractivity contribution in [2.75, 3.05) is 6.54 Å². The number of carbonyl (C=O) groups excluding carboxylic acids is 1. The fourth-order valence-corrected chi connectivity index (χ4v) is 2.56. The summed E-state index contributed by atoms with van der Waals surface area (Å²) < 4.78 is 0. The average Bonchev–Trinajstić information content (AvgIpc) is 3.33. The van der Waals surface area contributed by atoms with E-state index >= 15 is 0 Å². The molecule has 0 radical (unpaired) electrons. The molecule has 0 atom stereocenters. The fourth-order valence-electron chi connectivity index (χ4n) is 2.56. The van der Waals surface area contributed by atoms with Gasteiger partial charge in [-0.1, -0.05) is 60.7 Å². The predicted molar refractivity (Wildman–Crippen MR) is 88.2 cm³/mol. The van der Waals surface area contributed by atoms with E-state index in [2.05, 4.69) is 34.5 Å². The number of benzene rings is 2. The Morgan fingerprint density at radius 2 is 1.41 bits per heavy atom. The van der Waals surface area contributed by atoms with Gasteiger partial charge in [0.15, 0.2) is 0 Å². The van der Waals surface area contributed by atoms with E-state index < -0.39 is 0 Å². The van der Waals surface area contributed by atoms with E-state index in [1.165, 1.54) is 11.1 Å². The number of amides is 1. The highest BCUT2D eigenvalue weighted by atomic mass is 16.2. The maximum absolute atomic E-state index is 12.1. The molecule has 3 rings (SSSR count). The highest BCUT2D eigenvalue weighted by Crippen LogP contribution is 2.18. The lowest BCUT2D eigenvalue weighted by molar-refractivity contribution is -0.122. The zero-order chi connectivity index (χ0) is 15.2. The van der Waals surface area contributed by atoms with E-state index in [1.807, 2.05) is 36.4 Å². The van der Waals surface area contributed by atoms with Crippen LogP contribution in [0.15, 0.2) is 60.7 Å². The van der Waals surface area contributed by atoms with Gasteiger partial charge in [0.2, 0.25) is 5.91 Å². The topological polar surface area (TPSA) is 32.3 Å². The first-order chi connectivity index (χ1) is 10.8. The number of nitrogens with zero attached hydrogens (tertiary/aromatic N) is 1. The molecular formula is C19H22N2O. The Morgan fingerprint density at radius 1 is 0.909 bits per heavy atom. The zero-order valence-corrected chi connectivity index (χ0v) is 12.7. The highest BCUT2D eigenvalue weighted by molar-refractivity contribution is 5.78. The Bertz CT molecular complexity index is 552. The van der Waals surface area contributed by atoms with Gasteiger partial charge >= 0.3 is 0 Å². The van der Waals surface area contributed by atoms with Crippen molar-refractivity contribution in [2.45, 2.75) is 32.0 Å². The summed E-state index contributed by atoms with van der Waals surface area (Å²) in [6, 6.07) is 21.1. The largest absolute Gasteiger partial charge is 0.352 e. The van der Waals surface area contributed by atoms with Crippen LogP contribution >= 0.6 is 0 Å². The van der Waals surface area contributed by atoms with Gasteiger partial charge in [-0.2, -0.15) is 0 Å². The fraction of sp³-hybridized carbons (Fsp3) is 0.316. The van der Waals surface area contributed by atoms with Crippen molar-refractivity contribution in [3.63, 3.8) is 0 Å². The number of carbonyl (C=O) groups is 1. The van der Waals surface area contributed by atoms with E-state index in [0.717, 1.165) is 25.9 Å². The lowest BCUT2D eigenvalue weighted by atomic mass is 10.1. The third-order valence-electron chi connectivity index (χ3n) is 3.81. The van der Waals surface area contributed by atoms with Crippen molar-refractivity contribution < 1.29 is 4.79 Å². The van der Waals surface area contributed by atoms with Gasteiger partial charge in [-0.3, -0.25) is 9.69 Å². The highest BCUT2D eigenvalue weighted by Gasteiger charge is 2.24. The van der Waals surface area contributed by atoms with Crippen LogP contribution in [0.1, 0.15) is 24.0 Å². The molecule has 0 unspecified atom stereocenters. The summed E-state index contributed by atoms with van der Waals surface area (Å²) in [6.07, 6.45) is 2.26. The minimum absolute atomic E-state index is 0.134. The number of hydrogen-bond donors (Lipinski definition) is 1. The molecule has 1 fully saturated rings. The molecule has 0 bridgehead atoms. The first-order valence-electron chi connectivity index (χ1n) is 7.89. The minimum Gasteiger partial charge on any atom is -0.352 e. The van der Waals surface area contributed by atoms with Gasteiger partial charge in [0.25, 0.3) is 0 Å².